The number of fused-ring (bicyclic) bond motifs is 9. The molecule has 128 valence electrons. The summed E-state index contributed by atoms with van der Waals surface area (Å²) in [6.07, 6.45) is 5.40. The van der Waals surface area contributed by atoms with E-state index >= 15 is 0 Å². The van der Waals surface area contributed by atoms with Gasteiger partial charge in [-0.3, -0.25) is 0 Å². The molecule has 0 bridgehead atoms. The fourth-order valence-corrected chi connectivity index (χ4v) is 7.78. The molecule has 1 saturated heterocycles. The quantitative estimate of drug-likeness (QED) is 0.713. The molecule has 4 aliphatic carbocycles. The van der Waals surface area contributed by atoms with Crippen molar-refractivity contribution in [2.24, 2.45) is 35.0 Å². The lowest BCUT2D eigenvalue weighted by atomic mass is 9.50. The second kappa shape index (κ2) is 4.20. The molecule has 1 aromatic rings. The maximum atomic E-state index is 6.18. The lowest BCUT2D eigenvalue weighted by Crippen LogP contribution is -2.50. The molecule has 3 saturated carbocycles. The van der Waals surface area contributed by atoms with E-state index in [1.807, 2.05) is 0 Å². The molecule has 24 heavy (non-hydrogen) atoms. The topological polar surface area (TPSA) is 21.8 Å². The van der Waals surface area contributed by atoms with E-state index in [-0.39, 0.29) is 0 Å². The first-order chi connectivity index (χ1) is 11.6. The van der Waals surface area contributed by atoms with E-state index in [2.05, 4.69) is 32.0 Å². The first-order valence-electron chi connectivity index (χ1n) is 9.90. The van der Waals surface area contributed by atoms with Gasteiger partial charge in [-0.15, -0.1) is 0 Å². The summed E-state index contributed by atoms with van der Waals surface area (Å²) in [5.41, 5.74) is 3.94. The second-order valence-corrected chi connectivity index (χ2v) is 9.60. The monoisotopic (exact) mass is 324 g/mol. The molecule has 6 rings (SSSR count). The van der Waals surface area contributed by atoms with E-state index in [1.165, 1.54) is 25.7 Å². The molecule has 1 heterocycles. The second-order valence-electron chi connectivity index (χ2n) is 9.60. The van der Waals surface area contributed by atoms with Gasteiger partial charge < -0.3 is 9.47 Å². The lowest BCUT2D eigenvalue weighted by molar-refractivity contribution is -0.0296. The zero-order valence-electron chi connectivity index (χ0n) is 15.0. The maximum absolute atomic E-state index is 6.18. The molecule has 4 unspecified atom stereocenters. The van der Waals surface area contributed by atoms with Gasteiger partial charge in [0.1, 0.15) is 11.4 Å². The van der Waals surface area contributed by atoms with Crippen LogP contribution in [0.2, 0.25) is 0 Å². The summed E-state index contributed by atoms with van der Waals surface area (Å²) >= 11 is 0. The highest BCUT2D eigenvalue weighted by Gasteiger charge is 2.81. The van der Waals surface area contributed by atoms with Gasteiger partial charge in [0.15, 0.2) is 0 Å². The molecular weight excluding hydrogens is 296 g/mol. The van der Waals surface area contributed by atoms with E-state index in [0.717, 1.165) is 47.9 Å². The van der Waals surface area contributed by atoms with E-state index in [0.29, 0.717) is 11.0 Å². The fourth-order valence-electron chi connectivity index (χ4n) is 7.78. The Labute approximate surface area is 144 Å². The van der Waals surface area contributed by atoms with E-state index < -0.39 is 0 Å². The van der Waals surface area contributed by atoms with Crippen LogP contribution in [0, 0.1) is 35.0 Å². The molecule has 0 radical (unpaired) electrons. The highest BCUT2D eigenvalue weighted by atomic mass is 16.6. The highest BCUT2D eigenvalue weighted by Crippen LogP contribution is 2.80. The van der Waals surface area contributed by atoms with Crippen LogP contribution in [-0.4, -0.2) is 19.3 Å². The van der Waals surface area contributed by atoms with Crippen molar-refractivity contribution < 1.29 is 9.47 Å². The summed E-state index contributed by atoms with van der Waals surface area (Å²) in [4.78, 5) is 0. The predicted octanol–water partition coefficient (Wildman–Crippen LogP) is 4.42. The Morgan fingerprint density at radius 1 is 1.29 bits per heavy atom. The number of rotatable bonds is 1. The van der Waals surface area contributed by atoms with Gasteiger partial charge in [0, 0.05) is 5.41 Å². The molecule has 1 aromatic carbocycles. The minimum Gasteiger partial charge on any atom is -0.497 e. The molecular formula is C22H28O2. The Morgan fingerprint density at radius 2 is 2.12 bits per heavy atom. The van der Waals surface area contributed by atoms with Crippen LogP contribution in [-0.2, 0) is 11.2 Å². The molecule has 2 nitrogen and oxygen atoms in total. The van der Waals surface area contributed by atoms with Crippen LogP contribution in [0.15, 0.2) is 18.2 Å². The number of benzene rings is 1. The fraction of sp³-hybridized carbons (Fsp3) is 0.727. The largest absolute Gasteiger partial charge is 0.497 e. The van der Waals surface area contributed by atoms with E-state index in [1.54, 1.807) is 18.2 Å². The van der Waals surface area contributed by atoms with Gasteiger partial charge in [0.25, 0.3) is 0 Å². The SMILES string of the molecule is COc1ccc2c(c1)CC(C)[C@@H]1[C@@H]2CC[C@@]2(C)[C@H]1C1CC1C21CO1. The third kappa shape index (κ3) is 1.45. The number of ether oxygens (including phenoxy) is 2. The molecule has 0 amide bonds. The number of methoxy groups -OCH3 is 1. The molecule has 0 N–H and O–H groups in total. The average molecular weight is 324 g/mol. The van der Waals surface area contributed by atoms with Crippen molar-refractivity contribution >= 4 is 0 Å². The summed E-state index contributed by atoms with van der Waals surface area (Å²) < 4.78 is 11.7. The van der Waals surface area contributed by atoms with Crippen molar-refractivity contribution in [2.75, 3.05) is 13.7 Å². The Bertz CT molecular complexity index is 721. The van der Waals surface area contributed by atoms with Gasteiger partial charge in [-0.1, -0.05) is 19.9 Å². The van der Waals surface area contributed by atoms with Crippen LogP contribution in [0.4, 0.5) is 0 Å². The van der Waals surface area contributed by atoms with Crippen molar-refractivity contribution in [3.05, 3.63) is 29.3 Å². The molecule has 4 fully saturated rings. The van der Waals surface area contributed by atoms with Gasteiger partial charge >= 0.3 is 0 Å². The lowest BCUT2D eigenvalue weighted by Gasteiger charge is -2.54. The molecule has 1 aliphatic heterocycles. The van der Waals surface area contributed by atoms with Crippen molar-refractivity contribution in [1.82, 2.24) is 0 Å². The average Bonchev–Trinajstić information content (AvgIpc) is 3.46. The molecule has 8 atom stereocenters. The van der Waals surface area contributed by atoms with Crippen molar-refractivity contribution in [2.45, 2.75) is 51.0 Å². The standard InChI is InChI=1S/C22H28O2/c1-12-8-13-9-14(23-3)4-5-15(13)16-6-7-21(2)20(19(12)16)17-10-18(17)22(21)11-24-22/h4-5,9,12,16-20H,6-8,10-11H2,1-3H3/t12?,16-,17?,18?,19-,20+,21+,22?/m1/s1. The summed E-state index contributed by atoms with van der Waals surface area (Å²) in [6.45, 7) is 6.16. The van der Waals surface area contributed by atoms with Crippen LogP contribution in [0.1, 0.15) is 50.2 Å². The number of hydrogen-bond acceptors (Lipinski definition) is 2. The minimum atomic E-state index is 0.299. The number of hydrogen-bond donors (Lipinski definition) is 0. The Kier molecular flexibility index (Phi) is 2.48. The van der Waals surface area contributed by atoms with Crippen LogP contribution in [0.5, 0.6) is 5.75 Å². The molecule has 5 aliphatic rings. The third-order valence-electron chi connectivity index (χ3n) is 8.86. The van der Waals surface area contributed by atoms with Crippen molar-refractivity contribution in [3.63, 3.8) is 0 Å². The highest BCUT2D eigenvalue weighted by molar-refractivity contribution is 5.42. The van der Waals surface area contributed by atoms with Gasteiger partial charge in [-0.25, -0.2) is 0 Å². The number of epoxide rings is 1. The van der Waals surface area contributed by atoms with Crippen LogP contribution in [0.3, 0.4) is 0 Å². The zero-order chi connectivity index (χ0) is 16.3. The summed E-state index contributed by atoms with van der Waals surface area (Å²) in [5, 5.41) is 0. The van der Waals surface area contributed by atoms with Crippen LogP contribution >= 0.6 is 0 Å². The predicted molar refractivity (Wildman–Crippen MR) is 93.2 cm³/mol. The summed E-state index contributed by atoms with van der Waals surface area (Å²) in [6, 6.07) is 6.86. The first-order valence-corrected chi connectivity index (χ1v) is 9.90. The Morgan fingerprint density at radius 3 is 2.88 bits per heavy atom. The van der Waals surface area contributed by atoms with Crippen LogP contribution in [0.25, 0.3) is 0 Å². The van der Waals surface area contributed by atoms with Gasteiger partial charge in [-0.05, 0) is 84.5 Å². The third-order valence-corrected chi connectivity index (χ3v) is 8.86. The van der Waals surface area contributed by atoms with E-state index in [4.69, 9.17) is 9.47 Å². The van der Waals surface area contributed by atoms with Crippen molar-refractivity contribution in [1.29, 1.82) is 0 Å². The summed E-state index contributed by atoms with van der Waals surface area (Å²) in [7, 11) is 1.78. The maximum Gasteiger partial charge on any atom is 0.119 e. The Balaban J connectivity index is 1.44. The zero-order valence-corrected chi connectivity index (χ0v) is 15.0. The molecule has 1 spiro atoms. The smallest absolute Gasteiger partial charge is 0.119 e. The normalized spacial score (nSPS) is 53.0. The minimum absolute atomic E-state index is 0.299. The first kappa shape index (κ1) is 14.2. The summed E-state index contributed by atoms with van der Waals surface area (Å²) in [5.74, 6) is 6.20. The van der Waals surface area contributed by atoms with Gasteiger partial charge in [-0.2, -0.15) is 0 Å². The van der Waals surface area contributed by atoms with Gasteiger partial charge in [0.05, 0.1) is 13.7 Å². The van der Waals surface area contributed by atoms with E-state index in [9.17, 15) is 0 Å². The van der Waals surface area contributed by atoms with Gasteiger partial charge in [0.2, 0.25) is 0 Å². The Hall–Kier alpha value is -1.02. The van der Waals surface area contributed by atoms with Crippen LogP contribution < -0.4 is 4.74 Å². The molecule has 0 aromatic heterocycles. The molecule has 2 heteroatoms. The van der Waals surface area contributed by atoms with Crippen molar-refractivity contribution in [3.8, 4) is 5.75 Å².